The highest BCUT2D eigenvalue weighted by Gasteiger charge is 2.40. The molecule has 0 aliphatic carbocycles. The number of hydrogen-bond donors (Lipinski definition) is 0. The molecule has 1 unspecified atom stereocenters. The van der Waals surface area contributed by atoms with Crippen LogP contribution in [0, 0.1) is 6.92 Å². The fraction of sp³-hybridized carbons (Fsp3) is 0.125. The number of aryl methyl sites for hydroxylation is 1. The van der Waals surface area contributed by atoms with E-state index in [2.05, 4.69) is 4.98 Å². The Hall–Kier alpha value is -4.13. The van der Waals surface area contributed by atoms with E-state index in [1.165, 1.54) is 9.30 Å². The van der Waals surface area contributed by atoms with Gasteiger partial charge in [0.05, 0.1) is 34.1 Å². The number of carbonyl (C=O) groups excluding carboxylic acids is 2. The van der Waals surface area contributed by atoms with Crippen molar-refractivity contribution in [2.75, 3.05) is 0 Å². The normalized spacial score (nSPS) is 14.2. The van der Waals surface area contributed by atoms with Crippen LogP contribution in [0.1, 0.15) is 45.1 Å². The molecule has 0 fully saturated rings. The second kappa shape index (κ2) is 6.98. The summed E-state index contributed by atoms with van der Waals surface area (Å²) >= 11 is 0. The van der Waals surface area contributed by atoms with Gasteiger partial charge in [0.15, 0.2) is 0 Å². The molecule has 0 saturated carbocycles. The minimum atomic E-state index is -0.761. The Bertz CT molecular complexity index is 1390. The predicted octanol–water partition coefficient (Wildman–Crippen LogP) is 3.42. The largest absolute Gasteiger partial charge is 0.269 e. The van der Waals surface area contributed by atoms with Crippen LogP contribution in [0.5, 0.6) is 0 Å². The number of nitrogens with zero attached hydrogens (tertiary/aromatic N) is 4. The standard InChI is InChI=1S/C24H18N4O3/c1-14-8-7-12-19-26-21(20(24(31)27(14)19)18-11-5-6-13-25-18)15(2)28-22(29)16-9-3-4-10-17(16)23(28)30/h3-13,15H,1-2H3. The van der Waals surface area contributed by atoms with Crippen LogP contribution in [0.25, 0.3) is 16.9 Å². The number of rotatable bonds is 3. The lowest BCUT2D eigenvalue weighted by Gasteiger charge is -2.24. The maximum atomic E-state index is 13.6. The number of fused-ring (bicyclic) bond motifs is 2. The van der Waals surface area contributed by atoms with Gasteiger partial charge in [0.25, 0.3) is 17.4 Å². The van der Waals surface area contributed by atoms with Crippen molar-refractivity contribution in [1.82, 2.24) is 19.3 Å². The molecule has 31 heavy (non-hydrogen) atoms. The zero-order chi connectivity index (χ0) is 21.7. The smallest absolute Gasteiger partial charge is 0.267 e. The summed E-state index contributed by atoms with van der Waals surface area (Å²) in [4.78, 5) is 49.9. The van der Waals surface area contributed by atoms with Crippen LogP contribution in [-0.2, 0) is 0 Å². The molecular formula is C24H18N4O3. The molecule has 0 bridgehead atoms. The molecule has 0 radical (unpaired) electrons. The maximum absolute atomic E-state index is 13.6. The molecule has 3 aromatic heterocycles. The lowest BCUT2D eigenvalue weighted by molar-refractivity contribution is 0.0592. The number of pyridine rings is 2. The third-order valence-corrected chi connectivity index (χ3v) is 5.60. The van der Waals surface area contributed by atoms with Crippen molar-refractivity contribution >= 4 is 17.5 Å². The Morgan fingerprint density at radius 1 is 0.839 bits per heavy atom. The third kappa shape index (κ3) is 2.78. The second-order valence-electron chi connectivity index (χ2n) is 7.45. The van der Waals surface area contributed by atoms with Crippen molar-refractivity contribution in [2.24, 2.45) is 0 Å². The van der Waals surface area contributed by atoms with Gasteiger partial charge in [0.1, 0.15) is 5.65 Å². The summed E-state index contributed by atoms with van der Waals surface area (Å²) in [5.74, 6) is -0.794. The van der Waals surface area contributed by atoms with Crippen molar-refractivity contribution in [3.05, 3.63) is 99.7 Å². The SMILES string of the molecule is Cc1cccc2nc(C(C)N3C(=O)c4ccccc4C3=O)c(-c3ccccn3)c(=O)n12. The highest BCUT2D eigenvalue weighted by atomic mass is 16.2. The second-order valence-corrected chi connectivity index (χ2v) is 7.45. The van der Waals surface area contributed by atoms with Gasteiger partial charge in [-0.05, 0) is 50.2 Å². The topological polar surface area (TPSA) is 84.6 Å². The van der Waals surface area contributed by atoms with Gasteiger partial charge in [-0.3, -0.25) is 28.7 Å². The van der Waals surface area contributed by atoms with Gasteiger partial charge in [0.2, 0.25) is 0 Å². The fourth-order valence-electron chi connectivity index (χ4n) is 4.09. The van der Waals surface area contributed by atoms with E-state index in [1.807, 2.05) is 19.1 Å². The van der Waals surface area contributed by atoms with E-state index in [9.17, 15) is 14.4 Å². The molecule has 4 heterocycles. The lowest BCUT2D eigenvalue weighted by Crippen LogP contribution is -2.35. The first-order valence-corrected chi connectivity index (χ1v) is 9.89. The molecule has 1 atom stereocenters. The molecule has 7 nitrogen and oxygen atoms in total. The van der Waals surface area contributed by atoms with Gasteiger partial charge in [-0.2, -0.15) is 0 Å². The van der Waals surface area contributed by atoms with Crippen LogP contribution < -0.4 is 5.56 Å². The van der Waals surface area contributed by atoms with Crippen molar-refractivity contribution in [1.29, 1.82) is 0 Å². The fourth-order valence-corrected chi connectivity index (χ4v) is 4.09. The van der Waals surface area contributed by atoms with E-state index in [0.717, 1.165) is 5.69 Å². The summed E-state index contributed by atoms with van der Waals surface area (Å²) in [7, 11) is 0. The molecule has 1 aliphatic heterocycles. The lowest BCUT2D eigenvalue weighted by atomic mass is 10.0. The molecular weight excluding hydrogens is 392 g/mol. The van der Waals surface area contributed by atoms with Gasteiger partial charge >= 0.3 is 0 Å². The quantitative estimate of drug-likeness (QED) is 0.483. The van der Waals surface area contributed by atoms with Crippen molar-refractivity contribution < 1.29 is 9.59 Å². The molecule has 0 N–H and O–H groups in total. The number of aromatic nitrogens is 3. The zero-order valence-corrected chi connectivity index (χ0v) is 16.9. The van der Waals surface area contributed by atoms with E-state index < -0.39 is 17.9 Å². The van der Waals surface area contributed by atoms with E-state index in [0.29, 0.717) is 28.2 Å². The maximum Gasteiger partial charge on any atom is 0.267 e. The van der Waals surface area contributed by atoms with Crippen LogP contribution in [0.15, 0.2) is 71.7 Å². The number of carbonyl (C=O) groups is 2. The van der Waals surface area contributed by atoms with Gasteiger partial charge in [0, 0.05) is 11.9 Å². The molecule has 1 aromatic carbocycles. The van der Waals surface area contributed by atoms with Crippen molar-refractivity contribution in [3.63, 3.8) is 0 Å². The monoisotopic (exact) mass is 410 g/mol. The third-order valence-electron chi connectivity index (χ3n) is 5.60. The predicted molar refractivity (Wildman–Crippen MR) is 115 cm³/mol. The highest BCUT2D eigenvalue weighted by Crippen LogP contribution is 2.33. The Morgan fingerprint density at radius 3 is 2.16 bits per heavy atom. The van der Waals surface area contributed by atoms with Crippen LogP contribution >= 0.6 is 0 Å². The molecule has 0 saturated heterocycles. The van der Waals surface area contributed by atoms with E-state index in [1.54, 1.807) is 61.7 Å². The first-order chi connectivity index (χ1) is 15.0. The molecule has 4 aromatic rings. The minimum absolute atomic E-state index is 0.274. The van der Waals surface area contributed by atoms with Crippen LogP contribution in [0.3, 0.4) is 0 Å². The Labute approximate surface area is 177 Å². The van der Waals surface area contributed by atoms with Crippen molar-refractivity contribution in [2.45, 2.75) is 19.9 Å². The first kappa shape index (κ1) is 18.9. The van der Waals surface area contributed by atoms with Gasteiger partial charge < -0.3 is 0 Å². The van der Waals surface area contributed by atoms with Crippen LogP contribution in [0.2, 0.25) is 0 Å². The number of benzene rings is 1. The van der Waals surface area contributed by atoms with Gasteiger partial charge in [-0.1, -0.05) is 24.3 Å². The van der Waals surface area contributed by atoms with E-state index in [-0.39, 0.29) is 11.1 Å². The zero-order valence-electron chi connectivity index (χ0n) is 16.9. The summed E-state index contributed by atoms with van der Waals surface area (Å²) in [6, 6.07) is 16.6. The first-order valence-electron chi connectivity index (χ1n) is 9.89. The molecule has 152 valence electrons. The summed E-state index contributed by atoms with van der Waals surface area (Å²) in [6.07, 6.45) is 1.60. The molecule has 7 heteroatoms. The molecule has 2 amide bonds. The molecule has 1 aliphatic rings. The molecule has 0 spiro atoms. The van der Waals surface area contributed by atoms with Crippen LogP contribution in [0.4, 0.5) is 0 Å². The summed E-state index contributed by atoms with van der Waals surface area (Å²) < 4.78 is 1.52. The summed E-state index contributed by atoms with van der Waals surface area (Å²) in [6.45, 7) is 3.54. The Balaban J connectivity index is 1.76. The highest BCUT2D eigenvalue weighted by molar-refractivity contribution is 6.21. The molecule has 5 rings (SSSR count). The summed E-state index contributed by atoms with van der Waals surface area (Å²) in [5.41, 5.74) is 2.64. The summed E-state index contributed by atoms with van der Waals surface area (Å²) in [5, 5.41) is 0. The van der Waals surface area contributed by atoms with Gasteiger partial charge in [-0.25, -0.2) is 4.98 Å². The Kier molecular flexibility index (Phi) is 4.25. The number of imide groups is 1. The average molecular weight is 410 g/mol. The Morgan fingerprint density at radius 2 is 1.52 bits per heavy atom. The van der Waals surface area contributed by atoms with Crippen LogP contribution in [-0.4, -0.2) is 31.1 Å². The average Bonchev–Trinajstić information content (AvgIpc) is 3.04. The number of amides is 2. The van der Waals surface area contributed by atoms with Crippen molar-refractivity contribution in [3.8, 4) is 11.3 Å². The minimum Gasteiger partial charge on any atom is -0.269 e. The van der Waals surface area contributed by atoms with E-state index >= 15 is 0 Å². The van der Waals surface area contributed by atoms with Gasteiger partial charge in [-0.15, -0.1) is 0 Å². The number of hydrogen-bond acceptors (Lipinski definition) is 5. The van der Waals surface area contributed by atoms with E-state index in [4.69, 9.17) is 4.98 Å².